The van der Waals surface area contributed by atoms with Gasteiger partial charge in [-0.2, -0.15) is 0 Å². The van der Waals surface area contributed by atoms with E-state index in [-0.39, 0.29) is 24.4 Å². The summed E-state index contributed by atoms with van der Waals surface area (Å²) in [6.07, 6.45) is 3.11. The van der Waals surface area contributed by atoms with Crippen molar-refractivity contribution in [2.75, 3.05) is 19.6 Å². The summed E-state index contributed by atoms with van der Waals surface area (Å²) in [6.45, 7) is 1.79. The maximum absolute atomic E-state index is 12.2. The standard InChI is InChI=1S/C12H18N4O3/c17-9(6-8-2-1-4-13-8)16-5-3-12(7-16)10(18)14-11(19)15-12/h8,13H,1-7H2,(H2,14,15,18,19). The molecular formula is C12H18N4O3. The molecular weight excluding hydrogens is 248 g/mol. The third-order valence-corrected chi connectivity index (χ3v) is 4.22. The van der Waals surface area contributed by atoms with Gasteiger partial charge in [-0.25, -0.2) is 4.79 Å². The van der Waals surface area contributed by atoms with E-state index in [1.807, 2.05) is 0 Å². The lowest BCUT2D eigenvalue weighted by Gasteiger charge is -2.22. The lowest BCUT2D eigenvalue weighted by Crippen LogP contribution is -2.49. The normalized spacial score (nSPS) is 33.9. The molecule has 0 saturated carbocycles. The number of imide groups is 1. The van der Waals surface area contributed by atoms with Gasteiger partial charge in [-0.3, -0.25) is 14.9 Å². The van der Waals surface area contributed by atoms with Crippen LogP contribution in [0.2, 0.25) is 0 Å². The highest BCUT2D eigenvalue weighted by Crippen LogP contribution is 2.25. The molecule has 3 fully saturated rings. The number of rotatable bonds is 2. The molecule has 3 N–H and O–H groups in total. The zero-order valence-corrected chi connectivity index (χ0v) is 10.7. The van der Waals surface area contributed by atoms with Crippen molar-refractivity contribution < 1.29 is 14.4 Å². The first-order valence-corrected chi connectivity index (χ1v) is 6.74. The summed E-state index contributed by atoms with van der Waals surface area (Å²) in [4.78, 5) is 36.8. The number of amides is 4. The Morgan fingerprint density at radius 2 is 2.26 bits per heavy atom. The van der Waals surface area contributed by atoms with Gasteiger partial charge in [-0.15, -0.1) is 0 Å². The van der Waals surface area contributed by atoms with Crippen molar-refractivity contribution >= 4 is 17.8 Å². The van der Waals surface area contributed by atoms with Crippen LogP contribution < -0.4 is 16.0 Å². The summed E-state index contributed by atoms with van der Waals surface area (Å²) in [7, 11) is 0. The van der Waals surface area contributed by atoms with E-state index >= 15 is 0 Å². The van der Waals surface area contributed by atoms with Gasteiger partial charge in [0.2, 0.25) is 5.91 Å². The first kappa shape index (κ1) is 12.4. The lowest BCUT2D eigenvalue weighted by atomic mass is 9.99. The van der Waals surface area contributed by atoms with E-state index in [4.69, 9.17) is 0 Å². The van der Waals surface area contributed by atoms with Gasteiger partial charge in [0.25, 0.3) is 5.91 Å². The molecule has 3 aliphatic heterocycles. The molecule has 4 amide bonds. The minimum Gasteiger partial charge on any atom is -0.340 e. The highest BCUT2D eigenvalue weighted by atomic mass is 16.2. The number of carbonyl (C=O) groups is 3. The fraction of sp³-hybridized carbons (Fsp3) is 0.750. The second-order valence-electron chi connectivity index (χ2n) is 5.55. The summed E-state index contributed by atoms with van der Waals surface area (Å²) in [5.74, 6) is -0.253. The van der Waals surface area contributed by atoms with Gasteiger partial charge >= 0.3 is 6.03 Å². The van der Waals surface area contributed by atoms with E-state index < -0.39 is 11.6 Å². The number of likely N-dealkylation sites (tertiary alicyclic amines) is 1. The predicted molar refractivity (Wildman–Crippen MR) is 66.2 cm³/mol. The van der Waals surface area contributed by atoms with Crippen molar-refractivity contribution in [1.29, 1.82) is 0 Å². The largest absolute Gasteiger partial charge is 0.340 e. The summed E-state index contributed by atoms with van der Waals surface area (Å²) in [5.41, 5.74) is -0.893. The molecule has 7 nitrogen and oxygen atoms in total. The number of urea groups is 1. The maximum atomic E-state index is 12.2. The summed E-state index contributed by atoms with van der Waals surface area (Å²) in [5, 5.41) is 8.18. The van der Waals surface area contributed by atoms with Crippen LogP contribution in [0.25, 0.3) is 0 Å². The highest BCUT2D eigenvalue weighted by Gasteiger charge is 2.51. The van der Waals surface area contributed by atoms with Crippen LogP contribution in [0.1, 0.15) is 25.7 Å². The van der Waals surface area contributed by atoms with Crippen LogP contribution in [0.15, 0.2) is 0 Å². The van der Waals surface area contributed by atoms with E-state index in [1.54, 1.807) is 4.90 Å². The third kappa shape index (κ3) is 2.18. The van der Waals surface area contributed by atoms with Crippen molar-refractivity contribution in [2.45, 2.75) is 37.3 Å². The first-order chi connectivity index (χ1) is 9.09. The van der Waals surface area contributed by atoms with Crippen molar-refractivity contribution in [3.05, 3.63) is 0 Å². The van der Waals surface area contributed by atoms with Crippen LogP contribution in [-0.4, -0.2) is 54.0 Å². The second kappa shape index (κ2) is 4.48. The molecule has 19 heavy (non-hydrogen) atoms. The predicted octanol–water partition coefficient (Wildman–Crippen LogP) is -1.06. The second-order valence-corrected chi connectivity index (χ2v) is 5.55. The molecule has 0 aromatic carbocycles. The van der Waals surface area contributed by atoms with Crippen molar-refractivity contribution in [1.82, 2.24) is 20.9 Å². The van der Waals surface area contributed by atoms with E-state index in [9.17, 15) is 14.4 Å². The SMILES string of the molecule is O=C1NC(=O)C2(CCN(C(=O)CC3CCCN3)C2)N1. The molecule has 1 spiro atoms. The Morgan fingerprint density at radius 3 is 2.89 bits per heavy atom. The molecule has 0 aliphatic carbocycles. The van der Waals surface area contributed by atoms with E-state index in [0.717, 1.165) is 19.4 Å². The Kier molecular flexibility index (Phi) is 2.93. The summed E-state index contributed by atoms with van der Waals surface area (Å²) < 4.78 is 0. The Balaban J connectivity index is 1.60. The fourth-order valence-corrected chi connectivity index (χ4v) is 3.11. The average Bonchev–Trinajstić information content (AvgIpc) is 3.03. The monoisotopic (exact) mass is 266 g/mol. The van der Waals surface area contributed by atoms with Crippen molar-refractivity contribution in [2.24, 2.45) is 0 Å². The molecule has 2 atom stereocenters. The number of hydrogen-bond donors (Lipinski definition) is 3. The van der Waals surface area contributed by atoms with Crippen LogP contribution >= 0.6 is 0 Å². The minimum absolute atomic E-state index is 0.0604. The molecule has 2 unspecified atom stereocenters. The smallest absolute Gasteiger partial charge is 0.322 e. The fourth-order valence-electron chi connectivity index (χ4n) is 3.11. The topological polar surface area (TPSA) is 90.5 Å². The molecule has 3 aliphatic rings. The molecule has 0 radical (unpaired) electrons. The molecule has 3 heterocycles. The lowest BCUT2D eigenvalue weighted by molar-refractivity contribution is -0.131. The Bertz CT molecular complexity index is 433. The first-order valence-electron chi connectivity index (χ1n) is 6.74. The summed E-state index contributed by atoms with van der Waals surface area (Å²) >= 11 is 0. The number of nitrogens with one attached hydrogen (secondary N) is 3. The number of hydrogen-bond acceptors (Lipinski definition) is 4. The van der Waals surface area contributed by atoms with E-state index in [2.05, 4.69) is 16.0 Å². The van der Waals surface area contributed by atoms with Crippen LogP contribution in [0.3, 0.4) is 0 Å². The minimum atomic E-state index is -0.893. The average molecular weight is 266 g/mol. The zero-order chi connectivity index (χ0) is 13.5. The molecule has 0 bridgehead atoms. The van der Waals surface area contributed by atoms with Crippen molar-refractivity contribution in [3.8, 4) is 0 Å². The van der Waals surface area contributed by atoms with Crippen LogP contribution in [0.4, 0.5) is 4.79 Å². The number of carbonyl (C=O) groups excluding carboxylic acids is 3. The van der Waals surface area contributed by atoms with Gasteiger partial charge in [0.15, 0.2) is 0 Å². The number of nitrogens with zero attached hydrogens (tertiary/aromatic N) is 1. The molecule has 104 valence electrons. The molecule has 3 rings (SSSR count). The third-order valence-electron chi connectivity index (χ3n) is 4.22. The molecule has 7 heteroatoms. The Labute approximate surface area is 111 Å². The van der Waals surface area contributed by atoms with Gasteiger partial charge in [-0.1, -0.05) is 0 Å². The van der Waals surface area contributed by atoms with E-state index in [1.165, 1.54) is 0 Å². The van der Waals surface area contributed by atoms with Crippen LogP contribution in [0.5, 0.6) is 0 Å². The molecule has 0 aromatic heterocycles. The Hall–Kier alpha value is -1.63. The Morgan fingerprint density at radius 1 is 1.42 bits per heavy atom. The highest BCUT2D eigenvalue weighted by molar-refractivity contribution is 6.07. The van der Waals surface area contributed by atoms with Crippen molar-refractivity contribution in [3.63, 3.8) is 0 Å². The van der Waals surface area contributed by atoms with Gasteiger partial charge in [0, 0.05) is 19.0 Å². The van der Waals surface area contributed by atoms with Crippen LogP contribution in [0, 0.1) is 0 Å². The van der Waals surface area contributed by atoms with Gasteiger partial charge < -0.3 is 15.5 Å². The molecule has 0 aromatic rings. The quantitative estimate of drug-likeness (QED) is 0.556. The molecule has 3 saturated heterocycles. The van der Waals surface area contributed by atoms with E-state index in [0.29, 0.717) is 19.4 Å². The zero-order valence-electron chi connectivity index (χ0n) is 10.7. The summed E-state index contributed by atoms with van der Waals surface area (Å²) in [6, 6.07) is -0.201. The van der Waals surface area contributed by atoms with Crippen LogP contribution in [-0.2, 0) is 9.59 Å². The maximum Gasteiger partial charge on any atom is 0.322 e. The van der Waals surface area contributed by atoms with Gasteiger partial charge in [0.1, 0.15) is 5.54 Å². The van der Waals surface area contributed by atoms with Gasteiger partial charge in [-0.05, 0) is 25.8 Å². The van der Waals surface area contributed by atoms with Gasteiger partial charge in [0.05, 0.1) is 6.54 Å².